The lowest BCUT2D eigenvalue weighted by molar-refractivity contribution is -0.114. The molecule has 0 aliphatic rings. The van der Waals surface area contributed by atoms with Crippen molar-refractivity contribution in [3.8, 4) is 10.6 Å². The number of halogens is 1. The molecular formula is C10H8BrN3OS. The Hall–Kier alpha value is -1.27. The first-order valence-corrected chi connectivity index (χ1v) is 6.13. The van der Waals surface area contributed by atoms with Gasteiger partial charge in [0.15, 0.2) is 0 Å². The number of hydrogen-bond acceptors (Lipinski definition) is 4. The number of carbonyl (C=O) groups is 1. The van der Waals surface area contributed by atoms with E-state index in [2.05, 4.69) is 31.4 Å². The van der Waals surface area contributed by atoms with Crippen LogP contribution in [-0.4, -0.2) is 16.1 Å². The summed E-state index contributed by atoms with van der Waals surface area (Å²) in [5.41, 5.74) is 0.975. The average Bonchev–Trinajstić information content (AvgIpc) is 2.65. The van der Waals surface area contributed by atoms with E-state index in [1.807, 2.05) is 24.3 Å². The Kier molecular flexibility index (Phi) is 3.31. The van der Waals surface area contributed by atoms with Gasteiger partial charge in [-0.05, 0) is 12.1 Å². The van der Waals surface area contributed by atoms with Gasteiger partial charge in [0, 0.05) is 17.0 Å². The first kappa shape index (κ1) is 11.2. The maximum absolute atomic E-state index is 10.8. The van der Waals surface area contributed by atoms with Gasteiger partial charge in [-0.15, -0.1) is 10.2 Å². The summed E-state index contributed by atoms with van der Waals surface area (Å²) < 4.78 is 0.987. The Balaban J connectivity index is 2.28. The van der Waals surface area contributed by atoms with Gasteiger partial charge in [0.2, 0.25) is 11.0 Å². The minimum atomic E-state index is -0.142. The molecule has 1 aromatic heterocycles. The van der Waals surface area contributed by atoms with E-state index in [0.717, 1.165) is 15.0 Å². The normalized spacial score (nSPS) is 10.1. The van der Waals surface area contributed by atoms with Gasteiger partial charge in [0.25, 0.3) is 0 Å². The van der Waals surface area contributed by atoms with Crippen molar-refractivity contribution in [1.29, 1.82) is 0 Å². The minimum Gasteiger partial charge on any atom is -0.301 e. The maximum Gasteiger partial charge on any atom is 0.223 e. The van der Waals surface area contributed by atoms with E-state index < -0.39 is 0 Å². The molecule has 6 heteroatoms. The highest BCUT2D eigenvalue weighted by Crippen LogP contribution is 2.27. The first-order chi connectivity index (χ1) is 7.65. The number of anilines is 1. The summed E-state index contributed by atoms with van der Waals surface area (Å²) in [6.45, 7) is 1.44. The third-order valence-electron chi connectivity index (χ3n) is 1.78. The number of hydrogen-bond donors (Lipinski definition) is 1. The first-order valence-electron chi connectivity index (χ1n) is 4.52. The molecule has 0 unspecified atom stereocenters. The third kappa shape index (κ3) is 2.65. The molecule has 1 N–H and O–H groups in total. The fraction of sp³-hybridized carbons (Fsp3) is 0.100. The quantitative estimate of drug-likeness (QED) is 0.927. The van der Waals surface area contributed by atoms with Crippen LogP contribution < -0.4 is 5.32 Å². The lowest BCUT2D eigenvalue weighted by Crippen LogP contribution is -2.04. The molecule has 0 spiro atoms. The van der Waals surface area contributed by atoms with Crippen LogP contribution in [0.1, 0.15) is 6.92 Å². The molecule has 0 radical (unpaired) electrons. The van der Waals surface area contributed by atoms with E-state index in [9.17, 15) is 4.79 Å². The fourth-order valence-electron chi connectivity index (χ4n) is 1.16. The smallest absolute Gasteiger partial charge is 0.223 e. The second-order valence-corrected chi connectivity index (χ2v) is 5.00. The Morgan fingerprint density at radius 1 is 1.44 bits per heavy atom. The van der Waals surface area contributed by atoms with Gasteiger partial charge >= 0.3 is 0 Å². The summed E-state index contributed by atoms with van der Waals surface area (Å²) in [5.74, 6) is -0.142. The predicted molar refractivity (Wildman–Crippen MR) is 67.3 cm³/mol. The second kappa shape index (κ2) is 4.71. The number of rotatable bonds is 2. The summed E-state index contributed by atoms with van der Waals surface area (Å²) in [6.07, 6.45) is 0. The van der Waals surface area contributed by atoms with E-state index in [-0.39, 0.29) is 5.91 Å². The summed E-state index contributed by atoms with van der Waals surface area (Å²) in [7, 11) is 0. The third-order valence-corrected chi connectivity index (χ3v) is 3.16. The number of aromatic nitrogens is 2. The molecule has 1 heterocycles. The van der Waals surface area contributed by atoms with Crippen LogP contribution in [0.3, 0.4) is 0 Å². The fourth-order valence-corrected chi connectivity index (χ4v) is 2.35. The number of nitrogens with one attached hydrogen (secondary N) is 1. The Morgan fingerprint density at radius 3 is 2.94 bits per heavy atom. The van der Waals surface area contributed by atoms with Gasteiger partial charge in [-0.25, -0.2) is 0 Å². The summed E-state index contributed by atoms with van der Waals surface area (Å²) in [5, 5.41) is 11.8. The highest BCUT2D eigenvalue weighted by Gasteiger charge is 2.07. The van der Waals surface area contributed by atoms with Gasteiger partial charge in [-0.1, -0.05) is 39.4 Å². The minimum absolute atomic E-state index is 0.142. The number of amides is 1. The molecule has 1 aromatic carbocycles. The molecule has 0 atom stereocenters. The topological polar surface area (TPSA) is 54.9 Å². The molecule has 0 saturated heterocycles. The zero-order chi connectivity index (χ0) is 11.5. The Labute approximate surface area is 105 Å². The molecule has 0 bridgehead atoms. The number of benzene rings is 1. The molecule has 0 fully saturated rings. The standard InChI is InChI=1S/C10H8BrN3OS/c1-6(15)12-10-14-13-9(16-10)7-3-2-4-8(11)5-7/h2-5H,1H3,(H,12,14,15). The molecule has 1 amide bonds. The van der Waals surface area contributed by atoms with Gasteiger partial charge in [-0.3, -0.25) is 4.79 Å². The van der Waals surface area contributed by atoms with Crippen molar-refractivity contribution < 1.29 is 4.79 Å². The molecule has 4 nitrogen and oxygen atoms in total. The molecule has 2 rings (SSSR count). The van der Waals surface area contributed by atoms with Crippen molar-refractivity contribution in [1.82, 2.24) is 10.2 Å². The lowest BCUT2D eigenvalue weighted by atomic mass is 10.2. The van der Waals surface area contributed by atoms with Crippen molar-refractivity contribution in [2.45, 2.75) is 6.92 Å². The van der Waals surface area contributed by atoms with Crippen LogP contribution in [0.4, 0.5) is 5.13 Å². The summed E-state index contributed by atoms with van der Waals surface area (Å²) in [6, 6.07) is 7.78. The van der Waals surface area contributed by atoms with Crippen LogP contribution in [0, 0.1) is 0 Å². The number of carbonyl (C=O) groups excluding carboxylic acids is 1. The highest BCUT2D eigenvalue weighted by atomic mass is 79.9. The van der Waals surface area contributed by atoms with Crippen LogP contribution in [0.25, 0.3) is 10.6 Å². The Morgan fingerprint density at radius 2 is 2.25 bits per heavy atom. The molecular weight excluding hydrogens is 290 g/mol. The lowest BCUT2D eigenvalue weighted by Gasteiger charge is -1.95. The molecule has 0 aliphatic heterocycles. The average molecular weight is 298 g/mol. The van der Waals surface area contributed by atoms with Crippen LogP contribution in [-0.2, 0) is 4.79 Å². The number of nitrogens with zero attached hydrogens (tertiary/aromatic N) is 2. The maximum atomic E-state index is 10.8. The van der Waals surface area contributed by atoms with Gasteiger partial charge in [0.05, 0.1) is 0 Å². The van der Waals surface area contributed by atoms with Crippen LogP contribution in [0.5, 0.6) is 0 Å². The van der Waals surface area contributed by atoms with Crippen molar-refractivity contribution in [3.63, 3.8) is 0 Å². The van der Waals surface area contributed by atoms with E-state index in [0.29, 0.717) is 5.13 Å². The molecule has 82 valence electrons. The van der Waals surface area contributed by atoms with Crippen LogP contribution >= 0.6 is 27.3 Å². The van der Waals surface area contributed by atoms with Crippen molar-refractivity contribution in [2.75, 3.05) is 5.32 Å². The zero-order valence-electron chi connectivity index (χ0n) is 8.40. The predicted octanol–water partition coefficient (Wildman–Crippen LogP) is 2.93. The van der Waals surface area contributed by atoms with Gasteiger partial charge < -0.3 is 5.32 Å². The van der Waals surface area contributed by atoms with Gasteiger partial charge in [0.1, 0.15) is 5.01 Å². The Bertz CT molecular complexity index is 526. The highest BCUT2D eigenvalue weighted by molar-refractivity contribution is 9.10. The monoisotopic (exact) mass is 297 g/mol. The van der Waals surface area contributed by atoms with E-state index in [1.54, 1.807) is 0 Å². The van der Waals surface area contributed by atoms with Crippen LogP contribution in [0.15, 0.2) is 28.7 Å². The van der Waals surface area contributed by atoms with Crippen LogP contribution in [0.2, 0.25) is 0 Å². The van der Waals surface area contributed by atoms with Gasteiger partial charge in [-0.2, -0.15) is 0 Å². The largest absolute Gasteiger partial charge is 0.301 e. The molecule has 0 aliphatic carbocycles. The van der Waals surface area contributed by atoms with E-state index in [1.165, 1.54) is 18.3 Å². The second-order valence-electron chi connectivity index (χ2n) is 3.10. The van der Waals surface area contributed by atoms with Crippen molar-refractivity contribution >= 4 is 38.3 Å². The summed E-state index contributed by atoms with van der Waals surface area (Å²) >= 11 is 4.74. The SMILES string of the molecule is CC(=O)Nc1nnc(-c2cccc(Br)c2)s1. The van der Waals surface area contributed by atoms with Crippen molar-refractivity contribution in [3.05, 3.63) is 28.7 Å². The van der Waals surface area contributed by atoms with E-state index in [4.69, 9.17) is 0 Å². The van der Waals surface area contributed by atoms with Crippen molar-refractivity contribution in [2.24, 2.45) is 0 Å². The molecule has 16 heavy (non-hydrogen) atoms. The van der Waals surface area contributed by atoms with E-state index >= 15 is 0 Å². The molecule has 2 aromatic rings. The molecule has 0 saturated carbocycles. The summed E-state index contributed by atoms with van der Waals surface area (Å²) in [4.78, 5) is 10.8. The zero-order valence-corrected chi connectivity index (χ0v) is 10.8.